The Labute approximate surface area is 111 Å². The van der Waals surface area contributed by atoms with Crippen LogP contribution in [0.2, 0.25) is 0 Å². The normalized spacial score (nSPS) is 23.5. The summed E-state index contributed by atoms with van der Waals surface area (Å²) >= 11 is 0. The lowest BCUT2D eigenvalue weighted by Crippen LogP contribution is -2.49. The fraction of sp³-hybridized carbons (Fsp3) is 0.500. The highest BCUT2D eigenvalue weighted by Crippen LogP contribution is 2.25. The number of methoxy groups -OCH3 is 1. The van der Waals surface area contributed by atoms with Gasteiger partial charge in [-0.3, -0.25) is 4.79 Å². The summed E-state index contributed by atoms with van der Waals surface area (Å²) in [5.41, 5.74) is -0.641. The Hall–Kier alpha value is -1.49. The summed E-state index contributed by atoms with van der Waals surface area (Å²) in [4.78, 5) is 13.8. The molecule has 3 nitrogen and oxygen atoms in total. The van der Waals surface area contributed by atoms with Gasteiger partial charge in [0, 0.05) is 20.2 Å². The smallest absolute Gasteiger partial charge is 0.257 e. The molecule has 1 saturated heterocycles. The Balaban J connectivity index is 2.22. The summed E-state index contributed by atoms with van der Waals surface area (Å²) in [6.07, 6.45) is 1.63. The number of rotatable bonds is 2. The molecule has 0 N–H and O–H groups in total. The third-order valence-electron chi connectivity index (χ3n) is 3.62. The lowest BCUT2D eigenvalue weighted by atomic mass is 9.94. The number of piperidine rings is 1. The molecule has 1 heterocycles. The first-order valence-corrected chi connectivity index (χ1v) is 6.25. The van der Waals surface area contributed by atoms with Crippen LogP contribution < -0.4 is 0 Å². The highest BCUT2D eigenvalue weighted by molar-refractivity contribution is 5.94. The van der Waals surface area contributed by atoms with E-state index < -0.39 is 23.1 Å². The molecular weight excluding hydrogens is 252 g/mol. The molecular formula is C14H17F2NO2. The monoisotopic (exact) mass is 269 g/mol. The van der Waals surface area contributed by atoms with Gasteiger partial charge in [0.05, 0.1) is 11.2 Å². The van der Waals surface area contributed by atoms with Gasteiger partial charge in [0.25, 0.3) is 5.91 Å². The molecule has 1 unspecified atom stereocenters. The van der Waals surface area contributed by atoms with Gasteiger partial charge >= 0.3 is 0 Å². The molecule has 2 rings (SSSR count). The minimum Gasteiger partial charge on any atom is -0.377 e. The van der Waals surface area contributed by atoms with Crippen molar-refractivity contribution in [2.45, 2.75) is 25.4 Å². The van der Waals surface area contributed by atoms with E-state index in [1.54, 1.807) is 7.11 Å². The molecule has 5 heteroatoms. The van der Waals surface area contributed by atoms with Crippen molar-refractivity contribution in [1.82, 2.24) is 4.90 Å². The fourth-order valence-corrected chi connectivity index (χ4v) is 2.38. The van der Waals surface area contributed by atoms with Crippen LogP contribution in [0.4, 0.5) is 8.78 Å². The van der Waals surface area contributed by atoms with Crippen LogP contribution in [-0.4, -0.2) is 36.6 Å². The number of nitrogens with zero attached hydrogens (tertiary/aromatic N) is 1. The summed E-state index contributed by atoms with van der Waals surface area (Å²) in [5.74, 6) is -2.57. The second-order valence-electron chi connectivity index (χ2n) is 5.09. The molecule has 1 aromatic carbocycles. The number of hydrogen-bond acceptors (Lipinski definition) is 2. The van der Waals surface area contributed by atoms with Crippen molar-refractivity contribution in [3.05, 3.63) is 35.4 Å². The maximum Gasteiger partial charge on any atom is 0.257 e. The second kappa shape index (κ2) is 5.25. The SMILES string of the molecule is COC1(C)CCCN(C(=O)c2cccc(F)c2F)C1. The lowest BCUT2D eigenvalue weighted by Gasteiger charge is -2.39. The predicted molar refractivity (Wildman–Crippen MR) is 66.9 cm³/mol. The standard InChI is InChI=1S/C14H17F2NO2/c1-14(19-2)7-4-8-17(9-14)13(18)10-5-3-6-11(15)12(10)16/h3,5-6H,4,7-9H2,1-2H3. The Kier molecular flexibility index (Phi) is 3.85. The van der Waals surface area contributed by atoms with Crippen LogP contribution in [0, 0.1) is 11.6 Å². The molecule has 0 spiro atoms. The molecule has 0 bridgehead atoms. The maximum atomic E-state index is 13.6. The predicted octanol–water partition coefficient (Wildman–Crippen LogP) is 2.61. The Morgan fingerprint density at radius 1 is 1.42 bits per heavy atom. The minimum atomic E-state index is -1.09. The molecule has 0 radical (unpaired) electrons. The molecule has 0 aromatic heterocycles. The van der Waals surface area contributed by atoms with Crippen LogP contribution in [0.1, 0.15) is 30.1 Å². The molecule has 1 amide bonds. The van der Waals surface area contributed by atoms with E-state index in [1.807, 2.05) is 6.92 Å². The zero-order valence-corrected chi connectivity index (χ0v) is 11.1. The van der Waals surface area contributed by atoms with E-state index in [2.05, 4.69) is 0 Å². The average Bonchev–Trinajstić information content (AvgIpc) is 2.41. The van der Waals surface area contributed by atoms with Crippen molar-refractivity contribution in [3.63, 3.8) is 0 Å². The molecule has 0 saturated carbocycles. The summed E-state index contributed by atoms with van der Waals surface area (Å²) in [5, 5.41) is 0. The molecule has 1 atom stereocenters. The van der Waals surface area contributed by atoms with Gasteiger partial charge in [0.2, 0.25) is 0 Å². The third-order valence-corrected chi connectivity index (χ3v) is 3.62. The van der Waals surface area contributed by atoms with Crippen LogP contribution >= 0.6 is 0 Å². The van der Waals surface area contributed by atoms with Gasteiger partial charge in [-0.15, -0.1) is 0 Å². The Bertz CT molecular complexity index is 492. The first-order valence-electron chi connectivity index (χ1n) is 6.25. The number of benzene rings is 1. The Morgan fingerprint density at radius 2 is 2.16 bits per heavy atom. The summed E-state index contributed by atoms with van der Waals surface area (Å²) in [7, 11) is 1.59. The highest BCUT2D eigenvalue weighted by Gasteiger charge is 2.34. The zero-order chi connectivity index (χ0) is 14.0. The lowest BCUT2D eigenvalue weighted by molar-refractivity contribution is -0.0441. The molecule has 19 heavy (non-hydrogen) atoms. The van der Waals surface area contributed by atoms with Crippen LogP contribution in [0.3, 0.4) is 0 Å². The zero-order valence-electron chi connectivity index (χ0n) is 11.1. The van der Waals surface area contributed by atoms with Crippen LogP contribution in [-0.2, 0) is 4.74 Å². The van der Waals surface area contributed by atoms with Gasteiger partial charge < -0.3 is 9.64 Å². The topological polar surface area (TPSA) is 29.5 Å². The average molecular weight is 269 g/mol. The molecule has 1 aliphatic rings. The number of carbonyl (C=O) groups is 1. The van der Waals surface area contributed by atoms with Gasteiger partial charge in [0.15, 0.2) is 11.6 Å². The number of amides is 1. The van der Waals surface area contributed by atoms with Gasteiger partial charge in [-0.25, -0.2) is 8.78 Å². The minimum absolute atomic E-state index is 0.222. The molecule has 0 aliphatic carbocycles. The number of likely N-dealkylation sites (tertiary alicyclic amines) is 1. The van der Waals surface area contributed by atoms with E-state index in [1.165, 1.54) is 17.0 Å². The van der Waals surface area contributed by atoms with E-state index in [0.29, 0.717) is 13.1 Å². The van der Waals surface area contributed by atoms with Crippen molar-refractivity contribution in [3.8, 4) is 0 Å². The van der Waals surface area contributed by atoms with Crippen LogP contribution in [0.25, 0.3) is 0 Å². The largest absolute Gasteiger partial charge is 0.377 e. The third kappa shape index (κ3) is 2.76. The van der Waals surface area contributed by atoms with Crippen molar-refractivity contribution in [2.75, 3.05) is 20.2 Å². The molecule has 1 aliphatic heterocycles. The fourth-order valence-electron chi connectivity index (χ4n) is 2.38. The number of ether oxygens (including phenoxy) is 1. The van der Waals surface area contributed by atoms with Gasteiger partial charge in [-0.1, -0.05) is 6.07 Å². The van der Waals surface area contributed by atoms with Gasteiger partial charge in [-0.2, -0.15) is 0 Å². The second-order valence-corrected chi connectivity index (χ2v) is 5.09. The van der Waals surface area contributed by atoms with E-state index in [-0.39, 0.29) is 5.56 Å². The number of hydrogen-bond donors (Lipinski definition) is 0. The van der Waals surface area contributed by atoms with Crippen molar-refractivity contribution in [2.24, 2.45) is 0 Å². The van der Waals surface area contributed by atoms with Crippen molar-refractivity contribution >= 4 is 5.91 Å². The van der Waals surface area contributed by atoms with Crippen molar-refractivity contribution < 1.29 is 18.3 Å². The highest BCUT2D eigenvalue weighted by atomic mass is 19.2. The summed E-state index contributed by atoms with van der Waals surface area (Å²) in [6.45, 7) is 2.83. The molecule has 1 fully saturated rings. The van der Waals surface area contributed by atoms with E-state index in [0.717, 1.165) is 18.9 Å². The molecule has 1 aromatic rings. The van der Waals surface area contributed by atoms with E-state index in [4.69, 9.17) is 4.74 Å². The summed E-state index contributed by atoms with van der Waals surface area (Å²) < 4.78 is 32.2. The number of carbonyl (C=O) groups excluding carboxylic acids is 1. The summed E-state index contributed by atoms with van der Waals surface area (Å²) in [6, 6.07) is 3.65. The quantitative estimate of drug-likeness (QED) is 0.826. The van der Waals surface area contributed by atoms with E-state index in [9.17, 15) is 13.6 Å². The van der Waals surface area contributed by atoms with Crippen LogP contribution in [0.5, 0.6) is 0 Å². The first kappa shape index (κ1) is 13.9. The molecule has 104 valence electrons. The maximum absolute atomic E-state index is 13.6. The van der Waals surface area contributed by atoms with Gasteiger partial charge in [0.1, 0.15) is 0 Å². The van der Waals surface area contributed by atoms with Crippen LogP contribution in [0.15, 0.2) is 18.2 Å². The Morgan fingerprint density at radius 3 is 2.84 bits per heavy atom. The number of halogens is 2. The van der Waals surface area contributed by atoms with Crippen molar-refractivity contribution in [1.29, 1.82) is 0 Å². The van der Waals surface area contributed by atoms with E-state index >= 15 is 0 Å². The van der Waals surface area contributed by atoms with Gasteiger partial charge in [-0.05, 0) is 31.9 Å². The first-order chi connectivity index (χ1) is 8.97.